The Kier molecular flexibility index (Phi) is 4.68. The van der Waals surface area contributed by atoms with Crippen LogP contribution in [0.15, 0.2) is 42.6 Å². The van der Waals surface area contributed by atoms with Crippen molar-refractivity contribution in [2.45, 2.75) is 19.3 Å². The molecule has 1 aromatic heterocycles. The Labute approximate surface area is 130 Å². The third-order valence-electron chi connectivity index (χ3n) is 4.40. The van der Waals surface area contributed by atoms with E-state index in [4.69, 9.17) is 5.11 Å². The van der Waals surface area contributed by atoms with Crippen LogP contribution in [-0.2, 0) is 0 Å². The van der Waals surface area contributed by atoms with Crippen molar-refractivity contribution >= 4 is 5.82 Å². The Morgan fingerprint density at radius 3 is 2.32 bits per heavy atom. The van der Waals surface area contributed by atoms with E-state index in [9.17, 15) is 4.39 Å². The van der Waals surface area contributed by atoms with Gasteiger partial charge in [-0.05, 0) is 55.0 Å². The summed E-state index contributed by atoms with van der Waals surface area (Å²) in [6, 6.07) is 10.5. The lowest BCUT2D eigenvalue weighted by Gasteiger charge is -2.32. The van der Waals surface area contributed by atoms with Crippen molar-refractivity contribution in [1.82, 2.24) is 4.98 Å². The van der Waals surface area contributed by atoms with Crippen LogP contribution in [0, 0.1) is 11.7 Å². The van der Waals surface area contributed by atoms with Gasteiger partial charge < -0.3 is 10.0 Å². The molecule has 0 radical (unpaired) electrons. The summed E-state index contributed by atoms with van der Waals surface area (Å²) in [5.74, 6) is 1.41. The van der Waals surface area contributed by atoms with Gasteiger partial charge >= 0.3 is 0 Å². The van der Waals surface area contributed by atoms with Crippen LogP contribution in [0.3, 0.4) is 0 Å². The molecule has 1 aliphatic rings. The number of halogens is 1. The summed E-state index contributed by atoms with van der Waals surface area (Å²) in [6.07, 6.45) is 4.98. The molecule has 0 unspecified atom stereocenters. The number of aromatic nitrogens is 1. The van der Waals surface area contributed by atoms with Gasteiger partial charge in [-0.1, -0.05) is 12.1 Å². The molecule has 116 valence electrons. The molecule has 0 saturated carbocycles. The second-order valence-corrected chi connectivity index (χ2v) is 5.85. The van der Waals surface area contributed by atoms with Crippen LogP contribution in [-0.4, -0.2) is 29.8 Å². The highest BCUT2D eigenvalue weighted by Gasteiger charge is 2.19. The number of rotatable bonds is 4. The second kappa shape index (κ2) is 6.88. The average molecular weight is 300 g/mol. The predicted molar refractivity (Wildman–Crippen MR) is 86.3 cm³/mol. The second-order valence-electron chi connectivity index (χ2n) is 5.85. The molecule has 1 fully saturated rings. The van der Waals surface area contributed by atoms with Crippen LogP contribution in [0.1, 0.15) is 19.3 Å². The molecule has 22 heavy (non-hydrogen) atoms. The zero-order valence-electron chi connectivity index (χ0n) is 12.6. The molecular weight excluding hydrogens is 279 g/mol. The first-order chi connectivity index (χ1) is 10.8. The van der Waals surface area contributed by atoms with Gasteiger partial charge in [0.15, 0.2) is 0 Å². The Balaban J connectivity index is 1.66. The first kappa shape index (κ1) is 15.0. The fourth-order valence-electron chi connectivity index (χ4n) is 3.02. The summed E-state index contributed by atoms with van der Waals surface area (Å²) in [5, 5.41) is 9.01. The Hall–Kier alpha value is -1.94. The number of piperidine rings is 1. The molecule has 1 aromatic carbocycles. The lowest BCUT2D eigenvalue weighted by atomic mass is 9.94. The van der Waals surface area contributed by atoms with Crippen LogP contribution in [0.25, 0.3) is 11.1 Å². The average Bonchev–Trinajstić information content (AvgIpc) is 2.57. The smallest absolute Gasteiger partial charge is 0.128 e. The van der Waals surface area contributed by atoms with Gasteiger partial charge in [0.05, 0.1) is 0 Å². The Bertz CT molecular complexity index is 589. The van der Waals surface area contributed by atoms with Gasteiger partial charge in [-0.3, -0.25) is 0 Å². The molecule has 4 heteroatoms. The van der Waals surface area contributed by atoms with E-state index < -0.39 is 0 Å². The first-order valence-electron chi connectivity index (χ1n) is 7.84. The highest BCUT2D eigenvalue weighted by Crippen LogP contribution is 2.25. The van der Waals surface area contributed by atoms with Gasteiger partial charge in [-0.25, -0.2) is 9.37 Å². The minimum absolute atomic E-state index is 0.223. The number of benzene rings is 1. The predicted octanol–water partition coefficient (Wildman–Crippen LogP) is 3.49. The zero-order valence-corrected chi connectivity index (χ0v) is 12.6. The maximum Gasteiger partial charge on any atom is 0.128 e. The molecular formula is C18H21FN2O. The lowest BCUT2D eigenvalue weighted by Crippen LogP contribution is -2.34. The third-order valence-corrected chi connectivity index (χ3v) is 4.40. The van der Waals surface area contributed by atoms with E-state index in [0.29, 0.717) is 5.92 Å². The van der Waals surface area contributed by atoms with Crippen molar-refractivity contribution in [3.63, 3.8) is 0 Å². The first-order valence-corrected chi connectivity index (χ1v) is 7.84. The highest BCUT2D eigenvalue weighted by atomic mass is 19.1. The number of pyridine rings is 1. The number of anilines is 1. The molecule has 0 bridgehead atoms. The van der Waals surface area contributed by atoms with E-state index in [1.165, 1.54) is 12.1 Å². The molecule has 2 heterocycles. The summed E-state index contributed by atoms with van der Waals surface area (Å²) >= 11 is 0. The number of aliphatic hydroxyl groups excluding tert-OH is 1. The summed E-state index contributed by atoms with van der Waals surface area (Å²) in [6.45, 7) is 2.27. The number of nitrogens with zero attached hydrogens (tertiary/aromatic N) is 2. The SMILES string of the molecule is OCCC1CCN(c2ccc(-c3ccc(F)cc3)cn2)CC1. The molecule has 0 atom stereocenters. The molecule has 3 rings (SSSR count). The standard InChI is InChI=1S/C18H21FN2O/c19-17-4-1-15(2-5-17)16-3-6-18(20-13-16)21-10-7-14(8-11-21)9-12-22/h1-6,13-14,22H,7-12H2. The number of aliphatic hydroxyl groups is 1. The molecule has 2 aromatic rings. The molecule has 0 aliphatic carbocycles. The summed E-state index contributed by atoms with van der Waals surface area (Å²) in [4.78, 5) is 6.85. The molecule has 1 aliphatic heterocycles. The molecule has 1 saturated heterocycles. The lowest BCUT2D eigenvalue weighted by molar-refractivity contribution is 0.240. The Morgan fingerprint density at radius 2 is 1.73 bits per heavy atom. The topological polar surface area (TPSA) is 36.4 Å². The van der Waals surface area contributed by atoms with Crippen LogP contribution < -0.4 is 4.90 Å². The van der Waals surface area contributed by atoms with Crippen LogP contribution in [0.4, 0.5) is 10.2 Å². The van der Waals surface area contributed by atoms with Gasteiger partial charge in [0.1, 0.15) is 11.6 Å². The largest absolute Gasteiger partial charge is 0.396 e. The minimum atomic E-state index is -0.223. The summed E-state index contributed by atoms with van der Waals surface area (Å²) in [7, 11) is 0. The maximum atomic E-state index is 13.0. The van der Waals surface area contributed by atoms with Gasteiger partial charge in [-0.15, -0.1) is 0 Å². The van der Waals surface area contributed by atoms with E-state index in [0.717, 1.165) is 49.3 Å². The van der Waals surface area contributed by atoms with Crippen molar-refractivity contribution in [2.75, 3.05) is 24.6 Å². The highest BCUT2D eigenvalue weighted by molar-refractivity contribution is 5.63. The maximum absolute atomic E-state index is 13.0. The monoisotopic (exact) mass is 300 g/mol. The van der Waals surface area contributed by atoms with Crippen molar-refractivity contribution in [3.05, 3.63) is 48.4 Å². The molecule has 0 spiro atoms. The van der Waals surface area contributed by atoms with Gasteiger partial charge in [0, 0.05) is 31.5 Å². The van der Waals surface area contributed by atoms with Crippen molar-refractivity contribution in [2.24, 2.45) is 5.92 Å². The van der Waals surface area contributed by atoms with Crippen molar-refractivity contribution in [3.8, 4) is 11.1 Å². The van der Waals surface area contributed by atoms with Gasteiger partial charge in [-0.2, -0.15) is 0 Å². The number of hydrogen-bond donors (Lipinski definition) is 1. The van der Waals surface area contributed by atoms with E-state index in [-0.39, 0.29) is 12.4 Å². The van der Waals surface area contributed by atoms with Gasteiger partial charge in [0.25, 0.3) is 0 Å². The minimum Gasteiger partial charge on any atom is -0.396 e. The molecule has 3 nitrogen and oxygen atoms in total. The van der Waals surface area contributed by atoms with E-state index >= 15 is 0 Å². The molecule has 0 amide bonds. The number of hydrogen-bond acceptors (Lipinski definition) is 3. The Morgan fingerprint density at radius 1 is 1.05 bits per heavy atom. The quantitative estimate of drug-likeness (QED) is 0.939. The fraction of sp³-hybridized carbons (Fsp3) is 0.389. The van der Waals surface area contributed by atoms with E-state index in [1.54, 1.807) is 12.1 Å². The summed E-state index contributed by atoms with van der Waals surface area (Å²) in [5.41, 5.74) is 1.97. The third kappa shape index (κ3) is 3.45. The van der Waals surface area contributed by atoms with Crippen molar-refractivity contribution < 1.29 is 9.50 Å². The van der Waals surface area contributed by atoms with Gasteiger partial charge in [0.2, 0.25) is 0 Å². The van der Waals surface area contributed by atoms with E-state index in [1.807, 2.05) is 18.3 Å². The van der Waals surface area contributed by atoms with Crippen molar-refractivity contribution in [1.29, 1.82) is 0 Å². The van der Waals surface area contributed by atoms with Crippen LogP contribution in [0.5, 0.6) is 0 Å². The van der Waals surface area contributed by atoms with Crippen LogP contribution >= 0.6 is 0 Å². The zero-order chi connectivity index (χ0) is 15.4. The van der Waals surface area contributed by atoms with E-state index in [2.05, 4.69) is 9.88 Å². The normalized spacial score (nSPS) is 16.0. The molecule has 1 N–H and O–H groups in total. The van der Waals surface area contributed by atoms with Crippen LogP contribution in [0.2, 0.25) is 0 Å². The summed E-state index contributed by atoms with van der Waals surface area (Å²) < 4.78 is 13.0. The fourth-order valence-corrected chi connectivity index (χ4v) is 3.02.